The van der Waals surface area contributed by atoms with Crippen LogP contribution in [0.15, 0.2) is 57.7 Å². The molecule has 9 nitrogen and oxygen atoms in total. The van der Waals surface area contributed by atoms with Crippen molar-refractivity contribution in [2.24, 2.45) is 10.7 Å². The number of carbonyl (C=O) groups is 1. The summed E-state index contributed by atoms with van der Waals surface area (Å²) in [5, 5.41) is 12.9. The molecule has 0 saturated heterocycles. The van der Waals surface area contributed by atoms with Crippen LogP contribution in [0.1, 0.15) is 35.7 Å². The van der Waals surface area contributed by atoms with E-state index in [-0.39, 0.29) is 23.6 Å². The molecule has 3 rings (SSSR count). The van der Waals surface area contributed by atoms with Crippen molar-refractivity contribution >= 4 is 28.3 Å². The van der Waals surface area contributed by atoms with Crippen LogP contribution in [-0.4, -0.2) is 41.0 Å². The average Bonchev–Trinajstić information content (AvgIpc) is 3.14. The van der Waals surface area contributed by atoms with Gasteiger partial charge in [0.15, 0.2) is 0 Å². The Morgan fingerprint density at radius 1 is 1.35 bits per heavy atom. The van der Waals surface area contributed by atoms with Gasteiger partial charge in [0.25, 0.3) is 5.56 Å². The van der Waals surface area contributed by atoms with Crippen molar-refractivity contribution in [2.75, 3.05) is 19.0 Å². The van der Waals surface area contributed by atoms with Gasteiger partial charge in [-0.15, -0.1) is 0 Å². The maximum absolute atomic E-state index is 12.2. The molecule has 1 aromatic carbocycles. The van der Waals surface area contributed by atoms with Crippen molar-refractivity contribution in [3.8, 4) is 5.75 Å². The number of nitrogens with two attached hydrogens (primary N) is 1. The molecule has 0 bridgehead atoms. The van der Waals surface area contributed by atoms with Gasteiger partial charge in [-0.05, 0) is 49.2 Å². The molecule has 0 saturated carbocycles. The molecule has 1 atom stereocenters. The van der Waals surface area contributed by atoms with Crippen LogP contribution in [0, 0.1) is 0 Å². The first-order valence-corrected chi connectivity index (χ1v) is 10.4. The highest BCUT2D eigenvalue weighted by Crippen LogP contribution is 2.28. The van der Waals surface area contributed by atoms with Crippen molar-refractivity contribution in [3.63, 3.8) is 0 Å². The van der Waals surface area contributed by atoms with E-state index in [4.69, 9.17) is 20.3 Å². The number of ether oxygens (including phenoxy) is 2. The van der Waals surface area contributed by atoms with Crippen LogP contribution >= 0.6 is 11.5 Å². The Morgan fingerprint density at radius 3 is 2.81 bits per heavy atom. The third kappa shape index (κ3) is 5.41. The summed E-state index contributed by atoms with van der Waals surface area (Å²) in [6, 6.07) is 6.48. The summed E-state index contributed by atoms with van der Waals surface area (Å²) >= 11 is 1.13. The number of carbonyl (C=O) groups excluding carboxylic acids is 1. The van der Waals surface area contributed by atoms with Gasteiger partial charge >= 0.3 is 5.97 Å². The van der Waals surface area contributed by atoms with E-state index in [0.29, 0.717) is 34.9 Å². The van der Waals surface area contributed by atoms with Crippen molar-refractivity contribution in [3.05, 3.63) is 69.4 Å². The number of allylic oxidation sites excluding steroid dienone is 4. The summed E-state index contributed by atoms with van der Waals surface area (Å²) in [7, 11) is 1.32. The summed E-state index contributed by atoms with van der Waals surface area (Å²) in [6.07, 6.45) is 4.87. The van der Waals surface area contributed by atoms with Crippen molar-refractivity contribution < 1.29 is 19.4 Å². The summed E-state index contributed by atoms with van der Waals surface area (Å²) in [5.74, 6) is 0.734. The van der Waals surface area contributed by atoms with Crippen LogP contribution in [0.3, 0.4) is 0 Å². The molecule has 31 heavy (non-hydrogen) atoms. The number of amidine groups is 1. The van der Waals surface area contributed by atoms with Crippen LogP contribution in [-0.2, 0) is 4.74 Å². The zero-order valence-electron chi connectivity index (χ0n) is 17.2. The lowest BCUT2D eigenvalue weighted by Gasteiger charge is -2.18. The molecule has 0 spiro atoms. The second-order valence-corrected chi connectivity index (χ2v) is 7.64. The fourth-order valence-corrected chi connectivity index (χ4v) is 3.67. The standard InChI is InChI=1S/C21H24N4O5S/c1-12(11-26)23-18(22)17-19(27)25-31-20(17)24-13-7-9-14(10-8-13)30-16-6-4-3-5-15(16)21(28)29-2/h3-7,9,12,24,26H,8,10-11H2,1-2H3,(H2,22,23)(H,25,27). The topological polar surface area (TPSA) is 139 Å². The van der Waals surface area contributed by atoms with Crippen LogP contribution in [0.5, 0.6) is 5.75 Å². The molecule has 1 aromatic heterocycles. The van der Waals surface area contributed by atoms with E-state index < -0.39 is 12.0 Å². The van der Waals surface area contributed by atoms with Crippen molar-refractivity contribution in [1.82, 2.24) is 4.37 Å². The number of esters is 1. The normalized spacial score (nSPS) is 15.0. The Morgan fingerprint density at radius 2 is 2.13 bits per heavy atom. The Hall–Kier alpha value is -3.37. The summed E-state index contributed by atoms with van der Waals surface area (Å²) in [4.78, 5) is 28.2. The number of benzene rings is 1. The van der Waals surface area contributed by atoms with Gasteiger partial charge < -0.3 is 25.6 Å². The monoisotopic (exact) mass is 444 g/mol. The van der Waals surface area contributed by atoms with E-state index >= 15 is 0 Å². The van der Waals surface area contributed by atoms with Gasteiger partial charge in [0.1, 0.15) is 33.5 Å². The molecular weight excluding hydrogens is 420 g/mol. The first-order chi connectivity index (χ1) is 14.9. The molecule has 5 N–H and O–H groups in total. The van der Waals surface area contributed by atoms with E-state index in [1.807, 2.05) is 6.08 Å². The number of rotatable bonds is 8. The molecular formula is C21H24N4O5S. The SMILES string of the molecule is COC(=O)c1ccccc1OC1=CC=C(Nc2s[nH]c(=O)c2C(N)=NC(C)CO)CC1. The molecule has 0 fully saturated rings. The molecule has 164 valence electrons. The lowest BCUT2D eigenvalue weighted by atomic mass is 10.1. The van der Waals surface area contributed by atoms with Crippen molar-refractivity contribution in [2.45, 2.75) is 25.8 Å². The molecule has 0 aliphatic heterocycles. The number of aliphatic imine (C=N–C) groups is 1. The first kappa shape index (κ1) is 22.3. The van der Waals surface area contributed by atoms with Gasteiger partial charge in [-0.2, -0.15) is 0 Å². The third-order valence-electron chi connectivity index (χ3n) is 4.50. The second kappa shape index (κ2) is 10.1. The number of anilines is 1. The lowest BCUT2D eigenvalue weighted by molar-refractivity contribution is 0.0597. The predicted octanol–water partition coefficient (Wildman–Crippen LogP) is 2.36. The second-order valence-electron chi connectivity index (χ2n) is 6.82. The Kier molecular flexibility index (Phi) is 7.27. The van der Waals surface area contributed by atoms with Crippen LogP contribution in [0.2, 0.25) is 0 Å². The first-order valence-electron chi connectivity index (χ1n) is 9.60. The number of nitrogens with zero attached hydrogens (tertiary/aromatic N) is 1. The van der Waals surface area contributed by atoms with Gasteiger partial charge in [0, 0.05) is 12.1 Å². The van der Waals surface area contributed by atoms with E-state index in [1.165, 1.54) is 7.11 Å². The smallest absolute Gasteiger partial charge is 0.341 e. The lowest BCUT2D eigenvalue weighted by Crippen LogP contribution is -2.25. The number of hydrogen-bond acceptors (Lipinski definition) is 8. The Labute approximate surface area is 183 Å². The van der Waals surface area contributed by atoms with Gasteiger partial charge in [0.05, 0.1) is 19.8 Å². The van der Waals surface area contributed by atoms with Gasteiger partial charge in [0.2, 0.25) is 0 Å². The van der Waals surface area contributed by atoms with E-state index in [9.17, 15) is 9.59 Å². The molecule has 1 heterocycles. The quantitative estimate of drug-likeness (QED) is 0.278. The third-order valence-corrected chi connectivity index (χ3v) is 5.30. The summed E-state index contributed by atoms with van der Waals surface area (Å²) in [6.45, 7) is 1.54. The number of hydrogen-bond donors (Lipinski definition) is 4. The van der Waals surface area contributed by atoms with E-state index in [1.54, 1.807) is 37.3 Å². The molecule has 1 aliphatic rings. The minimum absolute atomic E-state index is 0.0712. The zero-order chi connectivity index (χ0) is 22.4. The van der Waals surface area contributed by atoms with Gasteiger partial charge in [-0.1, -0.05) is 12.1 Å². The highest BCUT2D eigenvalue weighted by molar-refractivity contribution is 7.10. The highest BCUT2D eigenvalue weighted by atomic mass is 32.1. The number of aromatic amines is 1. The maximum atomic E-state index is 12.2. The minimum Gasteiger partial charge on any atom is -0.465 e. The average molecular weight is 445 g/mol. The number of para-hydroxylation sites is 1. The number of aliphatic hydroxyl groups excluding tert-OH is 1. The van der Waals surface area contributed by atoms with E-state index in [2.05, 4.69) is 14.7 Å². The number of methoxy groups -OCH3 is 1. The Bertz CT molecular complexity index is 1100. The number of aliphatic hydroxyl groups is 1. The fourth-order valence-electron chi connectivity index (χ4n) is 2.89. The minimum atomic E-state index is -0.463. The number of nitrogens with one attached hydrogen (secondary N) is 2. The van der Waals surface area contributed by atoms with Crippen LogP contribution < -0.4 is 21.3 Å². The predicted molar refractivity (Wildman–Crippen MR) is 120 cm³/mol. The molecule has 0 amide bonds. The molecule has 2 aromatic rings. The molecule has 1 unspecified atom stereocenters. The summed E-state index contributed by atoms with van der Waals surface area (Å²) in [5.41, 5.74) is 7.12. The fraction of sp³-hybridized carbons (Fsp3) is 0.286. The van der Waals surface area contributed by atoms with Crippen LogP contribution in [0.4, 0.5) is 5.00 Å². The van der Waals surface area contributed by atoms with Gasteiger partial charge in [-0.3, -0.25) is 14.2 Å². The number of H-pyrrole nitrogens is 1. The highest BCUT2D eigenvalue weighted by Gasteiger charge is 2.19. The van der Waals surface area contributed by atoms with Crippen LogP contribution in [0.25, 0.3) is 0 Å². The van der Waals surface area contributed by atoms with Crippen molar-refractivity contribution in [1.29, 1.82) is 0 Å². The van der Waals surface area contributed by atoms with Gasteiger partial charge in [-0.25, -0.2) is 4.79 Å². The largest absolute Gasteiger partial charge is 0.465 e. The maximum Gasteiger partial charge on any atom is 0.341 e. The molecule has 0 radical (unpaired) electrons. The zero-order valence-corrected chi connectivity index (χ0v) is 18.0. The van der Waals surface area contributed by atoms with E-state index in [0.717, 1.165) is 17.2 Å². The summed E-state index contributed by atoms with van der Waals surface area (Å²) < 4.78 is 13.3. The Balaban J connectivity index is 1.76. The number of aromatic nitrogens is 1. The molecule has 10 heteroatoms. The molecule has 1 aliphatic carbocycles.